The largest absolute Gasteiger partial charge is 0.309 e. The molecule has 0 spiro atoms. The normalized spacial score (nSPS) is 11.7. The Labute approximate surface area is 282 Å². The Morgan fingerprint density at radius 1 is 0.388 bits per heavy atom. The van der Waals surface area contributed by atoms with E-state index in [1.165, 1.54) is 32.6 Å². The van der Waals surface area contributed by atoms with E-state index in [9.17, 15) is 0 Å². The summed E-state index contributed by atoms with van der Waals surface area (Å²) in [6, 6.07) is 61.9. The van der Waals surface area contributed by atoms with Crippen molar-refractivity contribution in [3.05, 3.63) is 176 Å². The molecule has 10 aromatic rings. The van der Waals surface area contributed by atoms with Gasteiger partial charge in [-0.3, -0.25) is 0 Å². The van der Waals surface area contributed by atoms with Crippen molar-refractivity contribution in [1.82, 2.24) is 23.9 Å². The molecule has 10 rings (SSSR count). The van der Waals surface area contributed by atoms with Gasteiger partial charge in [-0.2, -0.15) is 0 Å². The van der Waals surface area contributed by atoms with Crippen LogP contribution < -0.4 is 0 Å². The van der Waals surface area contributed by atoms with E-state index >= 15 is 0 Å². The molecule has 0 aliphatic heterocycles. The summed E-state index contributed by atoms with van der Waals surface area (Å²) in [6.07, 6.45) is 0. The Kier molecular flexibility index (Phi) is 6.11. The Bertz CT molecular complexity index is 2770. The van der Waals surface area contributed by atoms with Crippen LogP contribution in [-0.2, 0) is 0 Å². The summed E-state index contributed by atoms with van der Waals surface area (Å²) in [4.78, 5) is 5.24. The molecular formula is C44H29N5. The Balaban J connectivity index is 1.26. The second kappa shape index (κ2) is 10.9. The first-order chi connectivity index (χ1) is 24.3. The van der Waals surface area contributed by atoms with Gasteiger partial charge in [0.15, 0.2) is 11.6 Å². The topological polar surface area (TPSA) is 40.6 Å². The van der Waals surface area contributed by atoms with Crippen molar-refractivity contribution in [3.8, 4) is 39.8 Å². The van der Waals surface area contributed by atoms with Crippen LogP contribution in [0.25, 0.3) is 83.4 Å². The Morgan fingerprint density at radius 2 is 0.878 bits per heavy atom. The maximum absolute atomic E-state index is 5.24. The van der Waals surface area contributed by atoms with E-state index in [1.807, 2.05) is 41.1 Å². The summed E-state index contributed by atoms with van der Waals surface area (Å²) in [5, 5.41) is 9.94. The number of hydrogen-bond donors (Lipinski definition) is 0. The molecular weight excluding hydrogens is 599 g/mol. The molecule has 0 saturated carbocycles. The van der Waals surface area contributed by atoms with Crippen molar-refractivity contribution in [2.75, 3.05) is 0 Å². The summed E-state index contributed by atoms with van der Waals surface area (Å²) in [5.41, 5.74) is 9.73. The highest BCUT2D eigenvalue weighted by molar-refractivity contribution is 6.13. The van der Waals surface area contributed by atoms with Crippen molar-refractivity contribution in [3.63, 3.8) is 0 Å². The molecule has 49 heavy (non-hydrogen) atoms. The lowest BCUT2D eigenvalue weighted by Gasteiger charge is -2.14. The van der Waals surface area contributed by atoms with E-state index in [4.69, 9.17) is 10.1 Å². The predicted molar refractivity (Wildman–Crippen MR) is 201 cm³/mol. The van der Waals surface area contributed by atoms with Gasteiger partial charge in [0.25, 0.3) is 0 Å². The fourth-order valence-corrected chi connectivity index (χ4v) is 7.38. The molecule has 7 aromatic carbocycles. The Morgan fingerprint density at radius 3 is 1.55 bits per heavy atom. The van der Waals surface area contributed by atoms with Gasteiger partial charge in [0.05, 0.1) is 27.8 Å². The molecule has 0 unspecified atom stereocenters. The number of benzene rings is 7. The zero-order valence-corrected chi connectivity index (χ0v) is 26.5. The minimum absolute atomic E-state index is 0.687. The number of aromatic nitrogens is 5. The van der Waals surface area contributed by atoms with Crippen molar-refractivity contribution in [2.45, 2.75) is 0 Å². The predicted octanol–water partition coefficient (Wildman–Crippen LogP) is 10.8. The monoisotopic (exact) mass is 627 g/mol. The Hall–Kier alpha value is -6.72. The molecule has 3 aromatic heterocycles. The molecule has 5 nitrogen and oxygen atoms in total. The van der Waals surface area contributed by atoms with Gasteiger partial charge in [-0.25, -0.2) is 9.67 Å². The molecule has 0 bridgehead atoms. The highest BCUT2D eigenvalue weighted by atomic mass is 15.4. The zero-order valence-electron chi connectivity index (χ0n) is 26.5. The van der Waals surface area contributed by atoms with Crippen molar-refractivity contribution >= 4 is 43.6 Å². The molecule has 3 heterocycles. The molecule has 0 aliphatic carbocycles. The number of rotatable bonds is 5. The average molecular weight is 628 g/mol. The minimum atomic E-state index is 0.687. The maximum atomic E-state index is 5.24. The molecule has 5 heteroatoms. The first kappa shape index (κ1) is 27.4. The number of para-hydroxylation sites is 5. The number of hydrogen-bond acceptors (Lipinski definition) is 2. The van der Waals surface area contributed by atoms with Gasteiger partial charge in [0, 0.05) is 44.0 Å². The van der Waals surface area contributed by atoms with Gasteiger partial charge < -0.3 is 9.13 Å². The van der Waals surface area contributed by atoms with Crippen LogP contribution in [0.15, 0.2) is 176 Å². The van der Waals surface area contributed by atoms with Crippen LogP contribution in [0, 0.1) is 0 Å². The van der Waals surface area contributed by atoms with E-state index in [1.54, 1.807) is 0 Å². The fourth-order valence-electron chi connectivity index (χ4n) is 7.38. The lowest BCUT2D eigenvalue weighted by atomic mass is 10.1. The van der Waals surface area contributed by atoms with Crippen molar-refractivity contribution in [2.24, 2.45) is 0 Å². The molecule has 0 saturated heterocycles. The van der Waals surface area contributed by atoms with Crippen LogP contribution >= 0.6 is 0 Å². The summed E-state index contributed by atoms with van der Waals surface area (Å²) >= 11 is 0. The first-order valence-electron chi connectivity index (χ1n) is 16.5. The summed E-state index contributed by atoms with van der Waals surface area (Å²) in [5.74, 6) is 1.48. The summed E-state index contributed by atoms with van der Waals surface area (Å²) < 4.78 is 6.75. The van der Waals surface area contributed by atoms with Crippen molar-refractivity contribution < 1.29 is 0 Å². The highest BCUT2D eigenvalue weighted by Gasteiger charge is 2.22. The van der Waals surface area contributed by atoms with E-state index in [0.717, 1.165) is 45.0 Å². The molecule has 0 amide bonds. The van der Waals surface area contributed by atoms with E-state index in [0.29, 0.717) is 5.82 Å². The van der Waals surface area contributed by atoms with Gasteiger partial charge >= 0.3 is 0 Å². The highest BCUT2D eigenvalue weighted by Crippen LogP contribution is 2.40. The van der Waals surface area contributed by atoms with E-state index < -0.39 is 0 Å². The zero-order chi connectivity index (χ0) is 32.3. The SMILES string of the molecule is c1ccc(-c2nc(-c3cccc4c5ccccc5n(-c5cccc(-n6c7ccccc7c7ccccc76)c5)c34)n(-c3ccccc3)n2)cc1. The smallest absolute Gasteiger partial charge is 0.182 e. The lowest BCUT2D eigenvalue weighted by Crippen LogP contribution is -2.02. The molecule has 0 radical (unpaired) electrons. The van der Waals surface area contributed by atoms with Crippen LogP contribution in [-0.4, -0.2) is 23.9 Å². The van der Waals surface area contributed by atoms with Crippen LogP contribution in [0.5, 0.6) is 0 Å². The quantitative estimate of drug-likeness (QED) is 0.190. The fraction of sp³-hybridized carbons (Fsp3) is 0. The van der Waals surface area contributed by atoms with Crippen LogP contribution in [0.4, 0.5) is 0 Å². The van der Waals surface area contributed by atoms with Crippen LogP contribution in [0.2, 0.25) is 0 Å². The van der Waals surface area contributed by atoms with E-state index in [-0.39, 0.29) is 0 Å². The lowest BCUT2D eigenvalue weighted by molar-refractivity contribution is 0.891. The number of nitrogens with zero attached hydrogens (tertiary/aromatic N) is 5. The minimum Gasteiger partial charge on any atom is -0.309 e. The summed E-state index contributed by atoms with van der Waals surface area (Å²) in [6.45, 7) is 0. The second-order valence-electron chi connectivity index (χ2n) is 12.3. The van der Waals surface area contributed by atoms with Gasteiger partial charge in [0.1, 0.15) is 0 Å². The third kappa shape index (κ3) is 4.26. The summed E-state index contributed by atoms with van der Waals surface area (Å²) in [7, 11) is 0. The van der Waals surface area contributed by atoms with Gasteiger partial charge in [-0.05, 0) is 54.6 Å². The first-order valence-corrected chi connectivity index (χ1v) is 16.5. The van der Waals surface area contributed by atoms with E-state index in [2.05, 4.69) is 149 Å². The van der Waals surface area contributed by atoms with Gasteiger partial charge in [-0.1, -0.05) is 121 Å². The molecule has 230 valence electrons. The second-order valence-corrected chi connectivity index (χ2v) is 12.3. The van der Waals surface area contributed by atoms with Crippen LogP contribution in [0.3, 0.4) is 0 Å². The third-order valence-corrected chi connectivity index (χ3v) is 9.50. The molecule has 0 aliphatic rings. The average Bonchev–Trinajstić information content (AvgIpc) is 3.87. The van der Waals surface area contributed by atoms with Crippen molar-refractivity contribution in [1.29, 1.82) is 0 Å². The molecule has 0 fully saturated rings. The standard InChI is InChI=1S/C44H29N5/c1-3-15-30(16-4-1)43-45-44(49(46-43)31-17-5-2-6-18-31)38-25-14-24-37-36-23-9-12-28-41(36)48(42(37)38)33-20-13-19-32(29-33)47-39-26-10-7-21-34(39)35-22-8-11-27-40(35)47/h1-29H. The molecule has 0 atom stereocenters. The van der Waals surface area contributed by atoms with Gasteiger partial charge in [0.2, 0.25) is 0 Å². The number of fused-ring (bicyclic) bond motifs is 6. The van der Waals surface area contributed by atoms with Gasteiger partial charge in [-0.15, -0.1) is 5.10 Å². The maximum Gasteiger partial charge on any atom is 0.182 e. The third-order valence-electron chi connectivity index (χ3n) is 9.50. The van der Waals surface area contributed by atoms with Crippen LogP contribution in [0.1, 0.15) is 0 Å². The molecule has 0 N–H and O–H groups in total.